The van der Waals surface area contributed by atoms with E-state index >= 15 is 0 Å². The smallest absolute Gasteiger partial charge is 0.338 e. The average Bonchev–Trinajstić information content (AvgIpc) is 3.16. The van der Waals surface area contributed by atoms with Gasteiger partial charge >= 0.3 is 5.97 Å². The molecule has 0 saturated heterocycles. The summed E-state index contributed by atoms with van der Waals surface area (Å²) in [5.74, 6) is -0.608. The number of aromatic nitrogens is 4. The molecule has 0 aliphatic heterocycles. The summed E-state index contributed by atoms with van der Waals surface area (Å²) in [6, 6.07) is 16.0. The topological polar surface area (TPSA) is 99.0 Å². The molecule has 1 amide bonds. The number of esters is 1. The highest BCUT2D eigenvalue weighted by Crippen LogP contribution is 2.32. The fraction of sp³-hybridized carbons (Fsp3) is 0.250. The normalized spacial score (nSPS) is 11.1. The van der Waals surface area contributed by atoms with Crippen LogP contribution in [0.15, 0.2) is 59.8 Å². The molecule has 1 N–H and O–H groups in total. The van der Waals surface area contributed by atoms with E-state index in [-0.39, 0.29) is 5.91 Å². The highest BCUT2D eigenvalue weighted by molar-refractivity contribution is 8.01. The predicted molar refractivity (Wildman–Crippen MR) is 110 cm³/mol. The summed E-state index contributed by atoms with van der Waals surface area (Å²) >= 11 is 1.26. The Balaban J connectivity index is 1.70. The zero-order valence-electron chi connectivity index (χ0n) is 16.3. The van der Waals surface area contributed by atoms with Crippen molar-refractivity contribution in [3.05, 3.63) is 60.2 Å². The zero-order valence-corrected chi connectivity index (χ0v) is 17.1. The van der Waals surface area contributed by atoms with Crippen LogP contribution >= 0.6 is 11.8 Å². The van der Waals surface area contributed by atoms with E-state index in [9.17, 15) is 9.59 Å². The van der Waals surface area contributed by atoms with E-state index < -0.39 is 10.7 Å². The van der Waals surface area contributed by atoms with E-state index in [1.807, 2.05) is 30.3 Å². The largest absolute Gasteiger partial charge is 0.462 e. The molecule has 1 heterocycles. The lowest BCUT2D eigenvalue weighted by molar-refractivity contribution is -0.117. The first-order valence-electron chi connectivity index (χ1n) is 9.02. The lowest BCUT2D eigenvalue weighted by Gasteiger charge is -2.22. The molecule has 150 valence electrons. The van der Waals surface area contributed by atoms with Crippen molar-refractivity contribution in [2.75, 3.05) is 11.9 Å². The van der Waals surface area contributed by atoms with Gasteiger partial charge in [0.15, 0.2) is 0 Å². The third kappa shape index (κ3) is 5.00. The molecule has 3 aromatic rings. The molecule has 0 bridgehead atoms. The van der Waals surface area contributed by atoms with E-state index in [0.717, 1.165) is 5.69 Å². The van der Waals surface area contributed by atoms with Crippen LogP contribution in [0.4, 0.5) is 5.69 Å². The van der Waals surface area contributed by atoms with Crippen LogP contribution in [0.25, 0.3) is 5.69 Å². The summed E-state index contributed by atoms with van der Waals surface area (Å²) in [6.45, 7) is 5.65. The molecule has 0 aliphatic carbocycles. The number of ether oxygens (including phenoxy) is 1. The standard InChI is InChI=1S/C20H21N5O3S/c1-4-28-17(26)14-10-12-15(13-11-14)21-18(27)20(2,3)29-19-22-23-24-25(19)16-8-6-5-7-9-16/h5-13H,4H2,1-3H3,(H,21,27). The first kappa shape index (κ1) is 20.5. The number of para-hydroxylation sites is 1. The number of thioether (sulfide) groups is 1. The number of anilines is 1. The Hall–Kier alpha value is -3.20. The van der Waals surface area contributed by atoms with Gasteiger partial charge in [-0.1, -0.05) is 30.0 Å². The second-order valence-corrected chi connectivity index (χ2v) is 8.16. The Kier molecular flexibility index (Phi) is 6.28. The number of carbonyl (C=O) groups excluding carboxylic acids is 2. The minimum atomic E-state index is -0.846. The molecule has 2 aromatic carbocycles. The number of nitrogens with one attached hydrogen (secondary N) is 1. The van der Waals surface area contributed by atoms with Crippen LogP contribution in [0.3, 0.4) is 0 Å². The van der Waals surface area contributed by atoms with Crippen LogP contribution in [0.5, 0.6) is 0 Å². The number of hydrogen-bond acceptors (Lipinski definition) is 7. The van der Waals surface area contributed by atoms with Crippen LogP contribution in [0.2, 0.25) is 0 Å². The number of nitrogens with zero attached hydrogens (tertiary/aromatic N) is 4. The third-order valence-corrected chi connectivity index (χ3v) is 5.12. The highest BCUT2D eigenvalue weighted by atomic mass is 32.2. The highest BCUT2D eigenvalue weighted by Gasteiger charge is 2.32. The minimum Gasteiger partial charge on any atom is -0.462 e. The second kappa shape index (κ2) is 8.87. The Morgan fingerprint density at radius 2 is 1.79 bits per heavy atom. The molecule has 29 heavy (non-hydrogen) atoms. The fourth-order valence-electron chi connectivity index (χ4n) is 2.43. The molecular weight excluding hydrogens is 390 g/mol. The van der Waals surface area contributed by atoms with Gasteiger partial charge in [-0.2, -0.15) is 4.68 Å². The number of hydrogen-bond donors (Lipinski definition) is 1. The molecule has 3 rings (SSSR count). The van der Waals surface area contributed by atoms with Crippen molar-refractivity contribution in [2.24, 2.45) is 0 Å². The lowest BCUT2D eigenvalue weighted by Crippen LogP contribution is -2.34. The third-order valence-electron chi connectivity index (χ3n) is 3.99. The minimum absolute atomic E-state index is 0.214. The molecule has 0 radical (unpaired) electrons. The van der Waals surface area contributed by atoms with Crippen molar-refractivity contribution < 1.29 is 14.3 Å². The van der Waals surface area contributed by atoms with Gasteiger partial charge in [0.1, 0.15) is 0 Å². The maximum Gasteiger partial charge on any atom is 0.338 e. The van der Waals surface area contributed by atoms with Gasteiger partial charge in [0.05, 0.1) is 22.6 Å². The van der Waals surface area contributed by atoms with Gasteiger partial charge in [0.25, 0.3) is 0 Å². The molecule has 0 atom stereocenters. The Bertz CT molecular complexity index is 987. The van der Waals surface area contributed by atoms with E-state index in [2.05, 4.69) is 20.8 Å². The lowest BCUT2D eigenvalue weighted by atomic mass is 10.1. The van der Waals surface area contributed by atoms with Gasteiger partial charge in [0.2, 0.25) is 11.1 Å². The Morgan fingerprint density at radius 3 is 2.45 bits per heavy atom. The first-order valence-corrected chi connectivity index (χ1v) is 9.84. The van der Waals surface area contributed by atoms with Crippen molar-refractivity contribution in [3.63, 3.8) is 0 Å². The second-order valence-electron chi connectivity index (χ2n) is 6.57. The molecule has 8 nitrogen and oxygen atoms in total. The van der Waals surface area contributed by atoms with Gasteiger partial charge in [-0.05, 0) is 67.6 Å². The first-order chi connectivity index (χ1) is 13.9. The Labute approximate surface area is 172 Å². The fourth-order valence-corrected chi connectivity index (χ4v) is 3.34. The summed E-state index contributed by atoms with van der Waals surface area (Å²) < 4.78 is 5.70. The molecular formula is C20H21N5O3S. The summed E-state index contributed by atoms with van der Waals surface area (Å²) in [4.78, 5) is 24.6. The van der Waals surface area contributed by atoms with Crippen LogP contribution in [0.1, 0.15) is 31.1 Å². The summed E-state index contributed by atoms with van der Waals surface area (Å²) in [7, 11) is 0. The van der Waals surface area contributed by atoms with E-state index in [4.69, 9.17) is 4.74 Å². The Morgan fingerprint density at radius 1 is 1.10 bits per heavy atom. The number of amides is 1. The van der Waals surface area contributed by atoms with Crippen LogP contribution in [-0.2, 0) is 9.53 Å². The van der Waals surface area contributed by atoms with E-state index in [0.29, 0.717) is 23.0 Å². The summed E-state index contributed by atoms with van der Waals surface area (Å²) in [5.41, 5.74) is 1.82. The van der Waals surface area contributed by atoms with Gasteiger partial charge < -0.3 is 10.1 Å². The van der Waals surface area contributed by atoms with Gasteiger partial charge in [-0.15, -0.1) is 5.10 Å². The van der Waals surface area contributed by atoms with E-state index in [1.165, 1.54) is 11.8 Å². The van der Waals surface area contributed by atoms with Crippen LogP contribution < -0.4 is 5.32 Å². The maximum absolute atomic E-state index is 12.8. The number of tetrazole rings is 1. The molecule has 0 aliphatic rings. The predicted octanol–water partition coefficient (Wildman–Crippen LogP) is 3.35. The molecule has 0 unspecified atom stereocenters. The van der Waals surface area contributed by atoms with Crippen molar-refractivity contribution >= 4 is 29.3 Å². The molecule has 1 aromatic heterocycles. The maximum atomic E-state index is 12.8. The summed E-state index contributed by atoms with van der Waals surface area (Å²) in [6.07, 6.45) is 0. The molecule has 9 heteroatoms. The van der Waals surface area contributed by atoms with Gasteiger partial charge in [-0.3, -0.25) is 4.79 Å². The molecule has 0 fully saturated rings. The van der Waals surface area contributed by atoms with Crippen molar-refractivity contribution in [2.45, 2.75) is 30.7 Å². The molecule has 0 spiro atoms. The number of benzene rings is 2. The van der Waals surface area contributed by atoms with Crippen molar-refractivity contribution in [1.82, 2.24) is 20.2 Å². The quantitative estimate of drug-likeness (QED) is 0.470. The monoisotopic (exact) mass is 411 g/mol. The van der Waals surface area contributed by atoms with Crippen LogP contribution in [-0.4, -0.2) is 43.4 Å². The van der Waals surface area contributed by atoms with Crippen molar-refractivity contribution in [3.8, 4) is 5.69 Å². The van der Waals surface area contributed by atoms with Crippen molar-refractivity contribution in [1.29, 1.82) is 0 Å². The zero-order chi connectivity index (χ0) is 20.9. The van der Waals surface area contributed by atoms with Gasteiger partial charge in [0, 0.05) is 5.69 Å². The number of carbonyl (C=O) groups is 2. The number of rotatable bonds is 7. The molecule has 0 saturated carbocycles. The SMILES string of the molecule is CCOC(=O)c1ccc(NC(=O)C(C)(C)Sc2nnnn2-c2ccccc2)cc1. The van der Waals surface area contributed by atoms with E-state index in [1.54, 1.807) is 49.7 Å². The summed E-state index contributed by atoms with van der Waals surface area (Å²) in [5, 5.41) is 15.2. The van der Waals surface area contributed by atoms with Crippen LogP contribution in [0, 0.1) is 0 Å². The average molecular weight is 411 g/mol. The van der Waals surface area contributed by atoms with Gasteiger partial charge in [-0.25, -0.2) is 4.79 Å².